The van der Waals surface area contributed by atoms with Gasteiger partial charge >= 0.3 is 12.0 Å². The molecule has 0 bridgehead atoms. The van der Waals surface area contributed by atoms with E-state index < -0.39 is 5.97 Å². The van der Waals surface area contributed by atoms with Crippen molar-refractivity contribution in [3.8, 4) is 0 Å². The van der Waals surface area contributed by atoms with Gasteiger partial charge in [0.05, 0.1) is 0 Å². The van der Waals surface area contributed by atoms with Crippen molar-refractivity contribution in [2.45, 2.75) is 52.5 Å². The highest BCUT2D eigenvalue weighted by atomic mass is 16.4. The smallest absolute Gasteiger partial charge is 0.323 e. The highest BCUT2D eigenvalue weighted by Gasteiger charge is 2.18. The van der Waals surface area contributed by atoms with E-state index in [4.69, 9.17) is 5.11 Å². The first-order valence-corrected chi connectivity index (χ1v) is 6.25. The van der Waals surface area contributed by atoms with Crippen molar-refractivity contribution in [2.75, 3.05) is 13.1 Å². The van der Waals surface area contributed by atoms with Crippen molar-refractivity contribution in [1.82, 2.24) is 10.2 Å². The van der Waals surface area contributed by atoms with E-state index in [1.807, 2.05) is 0 Å². The third-order valence-corrected chi connectivity index (χ3v) is 2.50. The van der Waals surface area contributed by atoms with Crippen molar-refractivity contribution in [3.63, 3.8) is 0 Å². The number of urea groups is 1. The molecule has 0 radical (unpaired) electrons. The van der Waals surface area contributed by atoms with E-state index in [2.05, 4.69) is 12.2 Å². The Bertz CT molecular complexity index is 242. The lowest BCUT2D eigenvalue weighted by atomic mass is 10.2. The maximum absolute atomic E-state index is 11.7. The molecule has 0 spiro atoms. The lowest BCUT2D eigenvalue weighted by Crippen LogP contribution is -2.46. The SMILES string of the molecule is CCCCCCNC(=O)N(CC(=O)O)C(C)C. The fraction of sp³-hybridized carbons (Fsp3) is 0.833. The second-order valence-electron chi connectivity index (χ2n) is 4.41. The Morgan fingerprint density at radius 3 is 2.35 bits per heavy atom. The van der Waals surface area contributed by atoms with Gasteiger partial charge in [-0.1, -0.05) is 26.2 Å². The molecule has 0 saturated heterocycles. The molecule has 0 rings (SSSR count). The number of nitrogens with zero attached hydrogens (tertiary/aromatic N) is 1. The quantitative estimate of drug-likeness (QED) is 0.642. The van der Waals surface area contributed by atoms with E-state index in [9.17, 15) is 9.59 Å². The second kappa shape index (κ2) is 8.84. The molecular weight excluding hydrogens is 220 g/mol. The first kappa shape index (κ1) is 15.7. The average molecular weight is 244 g/mol. The fourth-order valence-electron chi connectivity index (χ4n) is 1.48. The molecule has 0 aromatic heterocycles. The molecule has 0 unspecified atom stereocenters. The zero-order chi connectivity index (χ0) is 13.3. The lowest BCUT2D eigenvalue weighted by molar-refractivity contribution is -0.138. The van der Waals surface area contributed by atoms with Crippen LogP contribution >= 0.6 is 0 Å². The molecule has 2 N–H and O–H groups in total. The molecule has 0 fully saturated rings. The number of unbranched alkanes of at least 4 members (excludes halogenated alkanes) is 3. The Kier molecular flexibility index (Phi) is 8.19. The topological polar surface area (TPSA) is 69.6 Å². The second-order valence-corrected chi connectivity index (χ2v) is 4.41. The van der Waals surface area contributed by atoms with Gasteiger partial charge in [-0.05, 0) is 20.3 Å². The van der Waals surface area contributed by atoms with E-state index in [-0.39, 0.29) is 18.6 Å². The van der Waals surface area contributed by atoms with Gasteiger partial charge in [-0.15, -0.1) is 0 Å². The van der Waals surface area contributed by atoms with Crippen LogP contribution in [0.15, 0.2) is 0 Å². The number of carboxylic acids is 1. The van der Waals surface area contributed by atoms with Crippen molar-refractivity contribution < 1.29 is 14.7 Å². The molecule has 2 amide bonds. The normalized spacial score (nSPS) is 10.4. The van der Waals surface area contributed by atoms with Crippen LogP contribution in [0, 0.1) is 0 Å². The molecule has 0 atom stereocenters. The molecule has 0 heterocycles. The van der Waals surface area contributed by atoms with Crippen LogP contribution < -0.4 is 5.32 Å². The largest absolute Gasteiger partial charge is 0.480 e. The molecule has 0 saturated carbocycles. The number of carbonyl (C=O) groups is 2. The molecule has 17 heavy (non-hydrogen) atoms. The molecule has 5 nitrogen and oxygen atoms in total. The third kappa shape index (κ3) is 7.60. The van der Waals surface area contributed by atoms with E-state index in [1.165, 1.54) is 11.3 Å². The third-order valence-electron chi connectivity index (χ3n) is 2.50. The van der Waals surface area contributed by atoms with Gasteiger partial charge in [0.15, 0.2) is 0 Å². The van der Waals surface area contributed by atoms with Crippen LogP contribution in [0.5, 0.6) is 0 Å². The zero-order valence-electron chi connectivity index (χ0n) is 11.0. The maximum Gasteiger partial charge on any atom is 0.323 e. The molecule has 0 aliphatic rings. The first-order chi connectivity index (χ1) is 7.99. The highest BCUT2D eigenvalue weighted by Crippen LogP contribution is 2.00. The van der Waals surface area contributed by atoms with Gasteiger partial charge in [-0.3, -0.25) is 4.79 Å². The van der Waals surface area contributed by atoms with Crippen LogP contribution in [0.1, 0.15) is 46.5 Å². The van der Waals surface area contributed by atoms with Crippen LogP contribution in [0.25, 0.3) is 0 Å². The van der Waals surface area contributed by atoms with Gasteiger partial charge < -0.3 is 15.3 Å². The number of aliphatic carboxylic acids is 1. The van der Waals surface area contributed by atoms with Crippen LogP contribution in [-0.4, -0.2) is 41.1 Å². The Morgan fingerprint density at radius 2 is 1.88 bits per heavy atom. The monoisotopic (exact) mass is 244 g/mol. The highest BCUT2D eigenvalue weighted by molar-refractivity contribution is 5.80. The van der Waals surface area contributed by atoms with E-state index in [0.29, 0.717) is 6.54 Å². The Hall–Kier alpha value is -1.26. The molecule has 0 aliphatic heterocycles. The summed E-state index contributed by atoms with van der Waals surface area (Å²) in [5.74, 6) is -0.986. The van der Waals surface area contributed by atoms with Crippen molar-refractivity contribution in [2.24, 2.45) is 0 Å². The van der Waals surface area contributed by atoms with Crippen LogP contribution in [0.3, 0.4) is 0 Å². The van der Waals surface area contributed by atoms with Gasteiger partial charge in [0.25, 0.3) is 0 Å². The summed E-state index contributed by atoms with van der Waals surface area (Å²) in [6, 6.07) is -0.402. The Morgan fingerprint density at radius 1 is 1.24 bits per heavy atom. The number of hydrogen-bond donors (Lipinski definition) is 2. The summed E-state index contributed by atoms with van der Waals surface area (Å²) >= 11 is 0. The lowest BCUT2D eigenvalue weighted by Gasteiger charge is -2.25. The minimum atomic E-state index is -0.986. The van der Waals surface area contributed by atoms with Crippen molar-refractivity contribution in [1.29, 1.82) is 0 Å². The Balaban J connectivity index is 3.94. The van der Waals surface area contributed by atoms with E-state index in [1.54, 1.807) is 13.8 Å². The number of carboxylic acid groups (broad SMARTS) is 1. The van der Waals surface area contributed by atoms with Crippen LogP contribution in [0.4, 0.5) is 4.79 Å². The number of rotatable bonds is 8. The standard InChI is InChI=1S/C12H24N2O3/c1-4-5-6-7-8-13-12(17)14(10(2)3)9-11(15)16/h10H,4-9H2,1-3H3,(H,13,17)(H,15,16). The van der Waals surface area contributed by atoms with Gasteiger partial charge in [0.2, 0.25) is 0 Å². The van der Waals surface area contributed by atoms with Crippen LogP contribution in [-0.2, 0) is 4.79 Å². The van der Waals surface area contributed by atoms with Gasteiger partial charge in [0, 0.05) is 12.6 Å². The predicted octanol–water partition coefficient (Wildman–Crippen LogP) is 2.07. The summed E-state index contributed by atoms with van der Waals surface area (Å²) in [7, 11) is 0. The average Bonchev–Trinajstić information content (AvgIpc) is 2.24. The molecule has 0 aromatic rings. The van der Waals surface area contributed by atoms with Crippen molar-refractivity contribution >= 4 is 12.0 Å². The minimum absolute atomic E-state index is 0.109. The maximum atomic E-state index is 11.7. The number of amides is 2. The number of hydrogen-bond acceptors (Lipinski definition) is 2. The molecule has 0 aliphatic carbocycles. The van der Waals surface area contributed by atoms with Crippen LogP contribution in [0.2, 0.25) is 0 Å². The number of carbonyl (C=O) groups excluding carboxylic acids is 1. The summed E-state index contributed by atoms with van der Waals surface area (Å²) in [6.07, 6.45) is 4.36. The summed E-state index contributed by atoms with van der Waals surface area (Å²) in [5.41, 5.74) is 0. The molecule has 5 heteroatoms. The predicted molar refractivity (Wildman–Crippen MR) is 67.0 cm³/mol. The molecule has 100 valence electrons. The summed E-state index contributed by atoms with van der Waals surface area (Å²) in [5, 5.41) is 11.5. The molecule has 0 aromatic carbocycles. The zero-order valence-corrected chi connectivity index (χ0v) is 11.0. The summed E-state index contributed by atoms with van der Waals surface area (Å²) in [6.45, 7) is 6.10. The summed E-state index contributed by atoms with van der Waals surface area (Å²) in [4.78, 5) is 23.6. The van der Waals surface area contributed by atoms with Crippen molar-refractivity contribution in [3.05, 3.63) is 0 Å². The minimum Gasteiger partial charge on any atom is -0.480 e. The summed E-state index contributed by atoms with van der Waals surface area (Å²) < 4.78 is 0. The van der Waals surface area contributed by atoms with Gasteiger partial charge in [-0.2, -0.15) is 0 Å². The first-order valence-electron chi connectivity index (χ1n) is 6.25. The Labute approximate surface area is 103 Å². The van der Waals surface area contributed by atoms with E-state index >= 15 is 0 Å². The van der Waals surface area contributed by atoms with E-state index in [0.717, 1.165) is 19.3 Å². The number of nitrogens with one attached hydrogen (secondary N) is 1. The fourth-order valence-corrected chi connectivity index (χ4v) is 1.48. The molecular formula is C12H24N2O3. The van der Waals surface area contributed by atoms with Gasteiger partial charge in [0.1, 0.15) is 6.54 Å². The van der Waals surface area contributed by atoms with Gasteiger partial charge in [-0.25, -0.2) is 4.79 Å².